The fourth-order valence-corrected chi connectivity index (χ4v) is 0.812. The van der Waals surface area contributed by atoms with E-state index in [2.05, 4.69) is 12.6 Å². The number of benzene rings is 1. The van der Waals surface area contributed by atoms with Crippen LogP contribution >= 0.6 is 0 Å². The number of rotatable bonds is 2. The summed E-state index contributed by atoms with van der Waals surface area (Å²) in [6, 6.07) is 7.42. The number of hydrogen-bond donors (Lipinski definition) is 0. The normalized spacial score (nSPS) is 8.69. The van der Waals surface area contributed by atoms with E-state index >= 15 is 0 Å². The minimum absolute atomic E-state index is 0. The fourth-order valence-electron chi connectivity index (χ4n) is 0.812. The molecule has 0 radical (unpaired) electrons. The molecule has 13 heavy (non-hydrogen) atoms. The van der Waals surface area contributed by atoms with Gasteiger partial charge in [-0.15, -0.1) is 29.8 Å². The molecule has 0 aromatic heterocycles. The van der Waals surface area contributed by atoms with E-state index in [4.69, 9.17) is 0 Å². The van der Waals surface area contributed by atoms with Gasteiger partial charge >= 0.3 is 32.7 Å². The van der Waals surface area contributed by atoms with Gasteiger partial charge in [0.05, 0.1) is 0 Å². The van der Waals surface area contributed by atoms with E-state index in [0.717, 1.165) is 5.57 Å². The van der Waals surface area contributed by atoms with Crippen molar-refractivity contribution in [2.45, 2.75) is 6.92 Å². The van der Waals surface area contributed by atoms with Crippen molar-refractivity contribution in [3.63, 3.8) is 0 Å². The van der Waals surface area contributed by atoms with Crippen molar-refractivity contribution in [1.29, 1.82) is 0 Å². The Balaban J connectivity index is 0.00000144. The van der Waals surface area contributed by atoms with Gasteiger partial charge in [-0.3, -0.25) is 10.1 Å². The van der Waals surface area contributed by atoms with Crippen LogP contribution in [0.4, 0.5) is 5.69 Å². The molecular weight excluding hydrogens is 243 g/mol. The Bertz CT molecular complexity index is 307. The Morgan fingerprint density at radius 1 is 1.62 bits per heavy atom. The van der Waals surface area contributed by atoms with Gasteiger partial charge < -0.3 is 0 Å². The number of hydrogen-bond acceptors (Lipinski definition) is 2. The summed E-state index contributed by atoms with van der Waals surface area (Å²) >= 11 is 0. The van der Waals surface area contributed by atoms with Gasteiger partial charge in [0.1, 0.15) is 0 Å². The van der Waals surface area contributed by atoms with Gasteiger partial charge in [0.25, 0.3) is 0 Å². The molecule has 0 spiro atoms. The van der Waals surface area contributed by atoms with Crippen LogP contribution in [0.3, 0.4) is 0 Å². The minimum atomic E-state index is -0.466. The van der Waals surface area contributed by atoms with E-state index in [0.29, 0.717) is 5.56 Å². The topological polar surface area (TPSA) is 43.1 Å². The first kappa shape index (κ1) is 12.5. The third-order valence-corrected chi connectivity index (χ3v) is 1.44. The predicted octanol–water partition coefficient (Wildman–Crippen LogP) is 2.43. The van der Waals surface area contributed by atoms with Crippen molar-refractivity contribution in [2.75, 3.05) is 0 Å². The second-order valence-corrected chi connectivity index (χ2v) is 2.49. The first-order chi connectivity index (χ1) is 5.61. The van der Waals surface area contributed by atoms with E-state index in [1.165, 1.54) is 6.07 Å². The third kappa shape index (κ3) is 3.37. The zero-order chi connectivity index (χ0) is 9.14. The first-order valence-corrected chi connectivity index (χ1v) is 3.44. The van der Waals surface area contributed by atoms with Crippen molar-refractivity contribution in [3.8, 4) is 0 Å². The van der Waals surface area contributed by atoms with Crippen LogP contribution in [0, 0.1) is 16.2 Å². The van der Waals surface area contributed by atoms with Crippen LogP contribution in [0.25, 0.3) is 5.57 Å². The average Bonchev–Trinajstić information content (AvgIpc) is 2.04. The standard InChI is InChI=1S/C9H8NO2.Y/c1-7(2)8-4-3-5-9(6-8)10(11)12;/h3-5H,1H2,2H3;/q-1;+3. The van der Waals surface area contributed by atoms with Gasteiger partial charge in [-0.1, -0.05) is 19.1 Å². The molecule has 0 heterocycles. The molecule has 0 aliphatic rings. The third-order valence-electron chi connectivity index (χ3n) is 1.44. The van der Waals surface area contributed by atoms with Crippen molar-refractivity contribution in [3.05, 3.63) is 46.5 Å². The second-order valence-electron chi connectivity index (χ2n) is 2.49. The summed E-state index contributed by atoms with van der Waals surface area (Å²) in [5.41, 5.74) is 1.44. The smallest absolute Gasteiger partial charge is 0.260 e. The Labute approximate surface area is 102 Å². The van der Waals surface area contributed by atoms with Gasteiger partial charge in [0, 0.05) is 4.92 Å². The van der Waals surface area contributed by atoms with Crippen LogP contribution in [0.1, 0.15) is 12.5 Å². The van der Waals surface area contributed by atoms with Gasteiger partial charge in [-0.2, -0.15) is 0 Å². The molecule has 0 bridgehead atoms. The molecule has 1 aromatic rings. The maximum absolute atomic E-state index is 10.3. The monoisotopic (exact) mass is 251 g/mol. The minimum Gasteiger partial charge on any atom is -0.260 e. The number of allylic oxidation sites excluding steroid dienone is 1. The van der Waals surface area contributed by atoms with Crippen LogP contribution in [-0.4, -0.2) is 4.92 Å². The molecule has 0 aliphatic heterocycles. The number of nitrogens with zero attached hydrogens (tertiary/aromatic N) is 1. The van der Waals surface area contributed by atoms with E-state index < -0.39 is 4.92 Å². The van der Waals surface area contributed by atoms with Crippen molar-refractivity contribution in [1.82, 2.24) is 0 Å². The summed E-state index contributed by atoms with van der Waals surface area (Å²) in [4.78, 5) is 9.85. The fraction of sp³-hybridized carbons (Fsp3) is 0.111. The second kappa shape index (κ2) is 5.25. The van der Waals surface area contributed by atoms with E-state index in [-0.39, 0.29) is 38.4 Å². The zero-order valence-corrected chi connectivity index (χ0v) is 10.1. The van der Waals surface area contributed by atoms with E-state index in [9.17, 15) is 10.1 Å². The Kier molecular flexibility index (Phi) is 5.03. The van der Waals surface area contributed by atoms with Crippen LogP contribution in [0.2, 0.25) is 0 Å². The molecule has 0 aliphatic carbocycles. The summed E-state index contributed by atoms with van der Waals surface area (Å²) in [7, 11) is 0. The van der Waals surface area contributed by atoms with Crippen LogP contribution < -0.4 is 0 Å². The number of nitro groups is 1. The molecule has 0 fully saturated rings. The average molecular weight is 251 g/mol. The van der Waals surface area contributed by atoms with Crippen LogP contribution in [0.15, 0.2) is 24.8 Å². The zero-order valence-electron chi connectivity index (χ0n) is 7.28. The quantitative estimate of drug-likeness (QED) is 0.460. The van der Waals surface area contributed by atoms with Gasteiger partial charge in [0.2, 0.25) is 0 Å². The predicted molar refractivity (Wildman–Crippen MR) is 46.6 cm³/mol. The Morgan fingerprint density at radius 2 is 2.23 bits per heavy atom. The molecule has 0 unspecified atom stereocenters. The molecule has 3 nitrogen and oxygen atoms in total. The van der Waals surface area contributed by atoms with Crippen LogP contribution in [0.5, 0.6) is 0 Å². The maximum atomic E-state index is 10.3. The summed E-state index contributed by atoms with van der Waals surface area (Å²) in [5, 5.41) is 10.3. The summed E-state index contributed by atoms with van der Waals surface area (Å²) in [6.07, 6.45) is 0. The summed E-state index contributed by atoms with van der Waals surface area (Å²) in [6.45, 7) is 5.46. The molecule has 0 N–H and O–H groups in total. The molecular formula is C9H8NO2Y+2. The molecule has 1 aromatic carbocycles. The SMILES string of the molecule is C=C(C)c1[c-]c([N+](=O)[O-])ccc1.[Y+3]. The molecule has 62 valence electrons. The van der Waals surface area contributed by atoms with Crippen molar-refractivity contribution >= 4 is 11.3 Å². The van der Waals surface area contributed by atoms with Crippen LogP contribution in [-0.2, 0) is 32.7 Å². The van der Waals surface area contributed by atoms with Gasteiger partial charge in [0.15, 0.2) is 5.69 Å². The Hall–Kier alpha value is -0.536. The van der Waals surface area contributed by atoms with Gasteiger partial charge in [-0.05, 0) is 0 Å². The molecule has 1 rings (SSSR count). The van der Waals surface area contributed by atoms with Gasteiger partial charge in [-0.25, -0.2) is 0 Å². The largest absolute Gasteiger partial charge is 3.00 e. The molecule has 0 amide bonds. The molecule has 0 atom stereocenters. The molecule has 0 saturated heterocycles. The molecule has 0 saturated carbocycles. The van der Waals surface area contributed by atoms with Crippen molar-refractivity contribution in [2.24, 2.45) is 0 Å². The first-order valence-electron chi connectivity index (χ1n) is 3.44. The van der Waals surface area contributed by atoms with E-state index in [1.54, 1.807) is 19.1 Å². The summed E-state index contributed by atoms with van der Waals surface area (Å²) in [5.74, 6) is 0. The number of non-ortho nitro benzene ring substituents is 1. The molecule has 4 heteroatoms. The maximum Gasteiger partial charge on any atom is 3.00 e. The van der Waals surface area contributed by atoms with Crippen molar-refractivity contribution < 1.29 is 37.6 Å². The van der Waals surface area contributed by atoms with E-state index in [1.807, 2.05) is 0 Å². The summed E-state index contributed by atoms with van der Waals surface area (Å²) < 4.78 is 0. The number of nitro benzene ring substituents is 1. The Morgan fingerprint density at radius 3 is 2.69 bits per heavy atom.